The Labute approximate surface area is 177 Å². The van der Waals surface area contributed by atoms with Crippen molar-refractivity contribution in [2.45, 2.75) is 13.3 Å². The molecule has 3 rings (SSSR count). The lowest BCUT2D eigenvalue weighted by atomic mass is 10.1. The number of carbonyl (C=O) groups excluding carboxylic acids is 2. The van der Waals surface area contributed by atoms with Crippen LogP contribution in [0.4, 0.5) is 10.7 Å². The van der Waals surface area contributed by atoms with Crippen molar-refractivity contribution in [3.8, 4) is 0 Å². The zero-order chi connectivity index (χ0) is 21.7. The SMILES string of the molecule is Cc1c(Cc2ccccc2)sc(NC(=O)C=Cc2cccc([N+](=O)[O-])c2)c1C(N)=O. The van der Waals surface area contributed by atoms with Gasteiger partial charge in [0.15, 0.2) is 0 Å². The van der Waals surface area contributed by atoms with Crippen LogP contribution in [0.1, 0.15) is 31.9 Å². The molecule has 2 amide bonds. The predicted octanol–water partition coefficient (Wildman–Crippen LogP) is 4.31. The number of nitro groups is 1. The van der Waals surface area contributed by atoms with E-state index in [1.54, 1.807) is 12.1 Å². The van der Waals surface area contributed by atoms with Crippen LogP contribution in [-0.4, -0.2) is 16.7 Å². The van der Waals surface area contributed by atoms with Crippen molar-refractivity contribution in [2.75, 3.05) is 5.32 Å². The fourth-order valence-electron chi connectivity index (χ4n) is 2.96. The summed E-state index contributed by atoms with van der Waals surface area (Å²) in [5.41, 5.74) is 8.12. The van der Waals surface area contributed by atoms with Gasteiger partial charge in [0.2, 0.25) is 5.91 Å². The Morgan fingerprint density at radius 2 is 1.90 bits per heavy atom. The number of non-ortho nitro benzene ring substituents is 1. The van der Waals surface area contributed by atoms with E-state index in [4.69, 9.17) is 5.73 Å². The third kappa shape index (κ3) is 4.98. The summed E-state index contributed by atoms with van der Waals surface area (Å²) in [5, 5.41) is 14.0. The second-order valence-corrected chi connectivity index (χ2v) is 7.66. The lowest BCUT2D eigenvalue weighted by molar-refractivity contribution is -0.384. The van der Waals surface area contributed by atoms with Crippen molar-refractivity contribution in [1.82, 2.24) is 0 Å². The quantitative estimate of drug-likeness (QED) is 0.336. The number of thiophene rings is 1. The number of anilines is 1. The number of nitrogens with two attached hydrogens (primary N) is 1. The highest BCUT2D eigenvalue weighted by Gasteiger charge is 2.20. The van der Waals surface area contributed by atoms with E-state index in [0.29, 0.717) is 22.5 Å². The van der Waals surface area contributed by atoms with Crippen LogP contribution in [-0.2, 0) is 11.2 Å². The first kappa shape index (κ1) is 20.9. The Balaban J connectivity index is 1.80. The molecule has 0 bridgehead atoms. The van der Waals surface area contributed by atoms with Gasteiger partial charge in [-0.1, -0.05) is 42.5 Å². The van der Waals surface area contributed by atoms with E-state index in [1.165, 1.54) is 35.6 Å². The third-order valence-corrected chi connectivity index (χ3v) is 5.65. The van der Waals surface area contributed by atoms with Crippen LogP contribution in [0.15, 0.2) is 60.7 Å². The molecular weight excluding hydrogens is 402 g/mol. The first-order chi connectivity index (χ1) is 14.3. The summed E-state index contributed by atoms with van der Waals surface area (Å²) in [6, 6.07) is 15.7. The zero-order valence-electron chi connectivity index (χ0n) is 16.1. The van der Waals surface area contributed by atoms with Gasteiger partial charge in [0.25, 0.3) is 11.6 Å². The number of benzene rings is 2. The summed E-state index contributed by atoms with van der Waals surface area (Å²) < 4.78 is 0. The average molecular weight is 421 g/mol. The molecule has 0 spiro atoms. The van der Waals surface area contributed by atoms with Crippen molar-refractivity contribution in [1.29, 1.82) is 0 Å². The van der Waals surface area contributed by atoms with Gasteiger partial charge < -0.3 is 11.1 Å². The topological polar surface area (TPSA) is 115 Å². The van der Waals surface area contributed by atoms with Crippen LogP contribution in [0.2, 0.25) is 0 Å². The van der Waals surface area contributed by atoms with Gasteiger partial charge >= 0.3 is 0 Å². The fraction of sp³-hybridized carbons (Fsp3) is 0.0909. The Hall–Kier alpha value is -3.78. The van der Waals surface area contributed by atoms with Crippen LogP contribution < -0.4 is 11.1 Å². The first-order valence-electron chi connectivity index (χ1n) is 9.04. The number of rotatable bonds is 7. The summed E-state index contributed by atoms with van der Waals surface area (Å²) in [4.78, 5) is 35.6. The third-order valence-electron chi connectivity index (χ3n) is 4.44. The van der Waals surface area contributed by atoms with E-state index in [2.05, 4.69) is 5.32 Å². The molecule has 8 heteroatoms. The monoisotopic (exact) mass is 421 g/mol. The maximum atomic E-state index is 12.4. The van der Waals surface area contributed by atoms with Crippen LogP contribution in [0.25, 0.3) is 6.08 Å². The largest absolute Gasteiger partial charge is 0.365 e. The normalized spacial score (nSPS) is 10.8. The van der Waals surface area contributed by atoms with Crippen molar-refractivity contribution < 1.29 is 14.5 Å². The minimum atomic E-state index is -0.610. The number of carbonyl (C=O) groups is 2. The molecule has 7 nitrogen and oxygen atoms in total. The maximum Gasteiger partial charge on any atom is 0.270 e. The molecule has 1 heterocycles. The molecule has 0 atom stereocenters. The lowest BCUT2D eigenvalue weighted by Crippen LogP contribution is -2.16. The Bertz CT molecular complexity index is 1140. The van der Waals surface area contributed by atoms with Crippen molar-refractivity contribution in [3.05, 3.63) is 97.9 Å². The number of nitrogens with zero attached hydrogens (tertiary/aromatic N) is 1. The highest BCUT2D eigenvalue weighted by Crippen LogP contribution is 2.34. The molecule has 1 aromatic heterocycles. The van der Waals surface area contributed by atoms with E-state index in [-0.39, 0.29) is 5.69 Å². The highest BCUT2D eigenvalue weighted by molar-refractivity contribution is 7.17. The first-order valence-corrected chi connectivity index (χ1v) is 9.86. The molecule has 152 valence electrons. The molecule has 0 radical (unpaired) electrons. The number of primary amides is 1. The molecule has 3 N–H and O–H groups in total. The van der Waals surface area contributed by atoms with Crippen LogP contribution in [0.5, 0.6) is 0 Å². The van der Waals surface area contributed by atoms with Gasteiger partial charge in [0.1, 0.15) is 5.00 Å². The Kier molecular flexibility index (Phi) is 6.38. The van der Waals surface area contributed by atoms with Gasteiger partial charge in [-0.25, -0.2) is 0 Å². The summed E-state index contributed by atoms with van der Waals surface area (Å²) in [6.07, 6.45) is 3.35. The Morgan fingerprint density at radius 3 is 2.57 bits per heavy atom. The van der Waals surface area contributed by atoms with Gasteiger partial charge in [0, 0.05) is 29.5 Å². The second kappa shape index (κ2) is 9.15. The molecule has 0 aliphatic rings. The van der Waals surface area contributed by atoms with Crippen LogP contribution in [0, 0.1) is 17.0 Å². The highest BCUT2D eigenvalue weighted by atomic mass is 32.1. The maximum absolute atomic E-state index is 12.4. The van der Waals surface area contributed by atoms with Gasteiger partial charge in [0.05, 0.1) is 10.5 Å². The van der Waals surface area contributed by atoms with E-state index in [9.17, 15) is 19.7 Å². The standard InChI is InChI=1S/C22H19N3O4S/c1-14-18(13-15-6-3-2-4-7-15)30-22(20(14)21(23)27)24-19(26)11-10-16-8-5-9-17(12-16)25(28)29/h2-12H,13H2,1H3,(H2,23,27)(H,24,26). The van der Waals surface area contributed by atoms with Gasteiger partial charge in [-0.05, 0) is 29.7 Å². The van der Waals surface area contributed by atoms with E-state index in [0.717, 1.165) is 16.0 Å². The van der Waals surface area contributed by atoms with Gasteiger partial charge in [-0.2, -0.15) is 0 Å². The summed E-state index contributed by atoms with van der Waals surface area (Å²) in [5.74, 6) is -1.07. The molecule has 0 aliphatic heterocycles. The van der Waals surface area contributed by atoms with Crippen molar-refractivity contribution in [3.63, 3.8) is 0 Å². The van der Waals surface area contributed by atoms with E-state index >= 15 is 0 Å². The molecule has 30 heavy (non-hydrogen) atoms. The number of amides is 2. The molecule has 0 saturated carbocycles. The lowest BCUT2D eigenvalue weighted by Gasteiger charge is -2.02. The minimum Gasteiger partial charge on any atom is -0.365 e. The molecule has 0 fully saturated rings. The van der Waals surface area contributed by atoms with Gasteiger partial charge in [-0.15, -0.1) is 11.3 Å². The summed E-state index contributed by atoms with van der Waals surface area (Å²) >= 11 is 1.31. The molecule has 2 aromatic carbocycles. The van der Waals surface area contributed by atoms with Crippen LogP contribution >= 0.6 is 11.3 Å². The molecule has 0 unspecified atom stereocenters. The van der Waals surface area contributed by atoms with E-state index < -0.39 is 16.7 Å². The predicted molar refractivity (Wildman–Crippen MR) is 118 cm³/mol. The molecule has 0 aliphatic carbocycles. The smallest absolute Gasteiger partial charge is 0.270 e. The molecule has 3 aromatic rings. The number of hydrogen-bond acceptors (Lipinski definition) is 5. The number of nitrogens with one attached hydrogen (secondary N) is 1. The number of nitro benzene ring substituents is 1. The average Bonchev–Trinajstić information content (AvgIpc) is 3.02. The van der Waals surface area contributed by atoms with Crippen molar-refractivity contribution >= 4 is 39.9 Å². The summed E-state index contributed by atoms with van der Waals surface area (Å²) in [6.45, 7) is 1.81. The van der Waals surface area contributed by atoms with E-state index in [1.807, 2.05) is 37.3 Å². The zero-order valence-corrected chi connectivity index (χ0v) is 16.9. The minimum absolute atomic E-state index is 0.0620. The fourth-order valence-corrected chi connectivity index (χ4v) is 4.21. The number of hydrogen-bond donors (Lipinski definition) is 2. The summed E-state index contributed by atoms with van der Waals surface area (Å²) in [7, 11) is 0. The van der Waals surface area contributed by atoms with Crippen molar-refractivity contribution in [2.24, 2.45) is 5.73 Å². The second-order valence-electron chi connectivity index (χ2n) is 6.56. The molecule has 0 saturated heterocycles. The van der Waals surface area contributed by atoms with Crippen LogP contribution in [0.3, 0.4) is 0 Å². The Morgan fingerprint density at radius 1 is 1.17 bits per heavy atom. The van der Waals surface area contributed by atoms with Gasteiger partial charge in [-0.3, -0.25) is 19.7 Å². The molecular formula is C22H19N3O4S.